The molecular formula is C11H21ClF2N2O. The molecule has 3 nitrogen and oxygen atoms in total. The van der Waals surface area contributed by atoms with Crippen LogP contribution < -0.4 is 5.73 Å². The van der Waals surface area contributed by atoms with Crippen molar-refractivity contribution in [3.63, 3.8) is 0 Å². The number of rotatable bonds is 3. The fourth-order valence-corrected chi connectivity index (χ4v) is 1.76. The topological polar surface area (TPSA) is 46.3 Å². The van der Waals surface area contributed by atoms with E-state index in [4.69, 9.17) is 5.73 Å². The highest BCUT2D eigenvalue weighted by Gasteiger charge is 2.37. The molecule has 2 N–H and O–H groups in total. The molecule has 1 saturated heterocycles. The van der Waals surface area contributed by atoms with Gasteiger partial charge in [0.2, 0.25) is 5.91 Å². The summed E-state index contributed by atoms with van der Waals surface area (Å²) in [6.45, 7) is 4.11. The van der Waals surface area contributed by atoms with Gasteiger partial charge in [-0.1, -0.05) is 20.3 Å². The first kappa shape index (κ1) is 16.6. The Morgan fingerprint density at radius 3 is 2.29 bits per heavy atom. The van der Waals surface area contributed by atoms with Gasteiger partial charge in [0.15, 0.2) is 0 Å². The molecule has 0 spiro atoms. The molecule has 0 aromatic carbocycles. The maximum atomic E-state index is 12.9. The first-order chi connectivity index (χ1) is 7.37. The molecule has 1 amide bonds. The van der Waals surface area contributed by atoms with Crippen molar-refractivity contribution in [3.8, 4) is 0 Å². The minimum atomic E-state index is -2.61. The number of piperidine rings is 1. The standard InChI is InChI=1S/C11H20F2N2O.ClH/c1-3-8(2)9(14)10(16)15-6-4-11(12,13)5-7-15;/h8-9H,3-7,14H2,1-2H3;1H. The van der Waals surface area contributed by atoms with E-state index >= 15 is 0 Å². The summed E-state index contributed by atoms with van der Waals surface area (Å²) in [7, 11) is 0. The summed E-state index contributed by atoms with van der Waals surface area (Å²) in [5, 5.41) is 0. The maximum Gasteiger partial charge on any atom is 0.251 e. The predicted molar refractivity (Wildman–Crippen MR) is 65.4 cm³/mol. The highest BCUT2D eigenvalue weighted by Crippen LogP contribution is 2.28. The van der Waals surface area contributed by atoms with Gasteiger partial charge in [0.25, 0.3) is 5.92 Å². The van der Waals surface area contributed by atoms with Gasteiger partial charge in [0.1, 0.15) is 0 Å². The summed E-state index contributed by atoms with van der Waals surface area (Å²) in [5.41, 5.74) is 5.79. The average Bonchev–Trinajstić information content (AvgIpc) is 2.26. The number of nitrogens with two attached hydrogens (primary N) is 1. The van der Waals surface area contributed by atoms with E-state index in [1.165, 1.54) is 4.90 Å². The number of halogens is 3. The van der Waals surface area contributed by atoms with Crippen LogP contribution in [0.1, 0.15) is 33.1 Å². The molecule has 0 bridgehead atoms. The fraction of sp³-hybridized carbons (Fsp3) is 0.909. The molecule has 1 aliphatic heterocycles. The zero-order chi connectivity index (χ0) is 12.3. The predicted octanol–water partition coefficient (Wildman–Crippen LogP) is 2.04. The molecule has 102 valence electrons. The highest BCUT2D eigenvalue weighted by molar-refractivity contribution is 5.85. The number of carbonyl (C=O) groups is 1. The van der Waals surface area contributed by atoms with E-state index in [1.54, 1.807) is 0 Å². The molecular weight excluding hydrogens is 250 g/mol. The van der Waals surface area contributed by atoms with E-state index in [0.29, 0.717) is 0 Å². The number of hydrogen-bond acceptors (Lipinski definition) is 2. The van der Waals surface area contributed by atoms with Crippen LogP contribution in [0.5, 0.6) is 0 Å². The van der Waals surface area contributed by atoms with Gasteiger partial charge < -0.3 is 10.6 Å². The molecule has 0 aromatic heterocycles. The molecule has 0 aromatic rings. The molecule has 2 atom stereocenters. The molecule has 0 radical (unpaired) electrons. The lowest BCUT2D eigenvalue weighted by molar-refractivity contribution is -0.139. The largest absolute Gasteiger partial charge is 0.341 e. The molecule has 0 aliphatic carbocycles. The number of hydrogen-bond donors (Lipinski definition) is 1. The third kappa shape index (κ3) is 4.39. The van der Waals surface area contributed by atoms with Gasteiger partial charge in [-0.05, 0) is 5.92 Å². The quantitative estimate of drug-likeness (QED) is 0.853. The number of alkyl halides is 2. The van der Waals surface area contributed by atoms with Gasteiger partial charge in [0, 0.05) is 25.9 Å². The van der Waals surface area contributed by atoms with Crippen LogP contribution in [0, 0.1) is 5.92 Å². The third-order valence-electron chi connectivity index (χ3n) is 3.35. The van der Waals surface area contributed by atoms with Crippen molar-refractivity contribution in [2.75, 3.05) is 13.1 Å². The van der Waals surface area contributed by atoms with Crippen LogP contribution in [-0.4, -0.2) is 35.9 Å². The lowest BCUT2D eigenvalue weighted by atomic mass is 9.97. The van der Waals surface area contributed by atoms with Crippen LogP contribution in [0.25, 0.3) is 0 Å². The zero-order valence-corrected chi connectivity index (χ0v) is 11.1. The number of nitrogens with zero attached hydrogens (tertiary/aromatic N) is 1. The van der Waals surface area contributed by atoms with Crippen molar-refractivity contribution in [3.05, 3.63) is 0 Å². The van der Waals surface area contributed by atoms with Crippen LogP contribution in [0.3, 0.4) is 0 Å². The smallest absolute Gasteiger partial charge is 0.251 e. The van der Waals surface area contributed by atoms with E-state index < -0.39 is 12.0 Å². The molecule has 17 heavy (non-hydrogen) atoms. The van der Waals surface area contributed by atoms with E-state index in [9.17, 15) is 13.6 Å². The van der Waals surface area contributed by atoms with Crippen molar-refractivity contribution < 1.29 is 13.6 Å². The Kier molecular flexibility index (Phi) is 6.34. The lowest BCUT2D eigenvalue weighted by Gasteiger charge is -2.34. The Bertz CT molecular complexity index is 254. The summed E-state index contributed by atoms with van der Waals surface area (Å²) < 4.78 is 25.8. The summed E-state index contributed by atoms with van der Waals surface area (Å²) >= 11 is 0. The molecule has 1 heterocycles. The van der Waals surface area contributed by atoms with Crippen LogP contribution in [-0.2, 0) is 4.79 Å². The van der Waals surface area contributed by atoms with E-state index in [-0.39, 0.29) is 50.2 Å². The third-order valence-corrected chi connectivity index (χ3v) is 3.35. The summed E-state index contributed by atoms with van der Waals surface area (Å²) in [6.07, 6.45) is 0.328. The fourth-order valence-electron chi connectivity index (χ4n) is 1.76. The maximum absolute atomic E-state index is 12.9. The van der Waals surface area contributed by atoms with E-state index in [0.717, 1.165) is 6.42 Å². The van der Waals surface area contributed by atoms with Crippen molar-refractivity contribution in [1.82, 2.24) is 4.90 Å². The minimum absolute atomic E-state index is 0. The summed E-state index contributed by atoms with van der Waals surface area (Å²) in [4.78, 5) is 13.3. The van der Waals surface area contributed by atoms with Crippen molar-refractivity contribution in [1.29, 1.82) is 0 Å². The van der Waals surface area contributed by atoms with Gasteiger partial charge in [-0.3, -0.25) is 4.79 Å². The lowest BCUT2D eigenvalue weighted by Crippen LogP contribution is -2.51. The van der Waals surface area contributed by atoms with Crippen LogP contribution in [0.2, 0.25) is 0 Å². The number of carbonyl (C=O) groups excluding carboxylic acids is 1. The van der Waals surface area contributed by atoms with Crippen LogP contribution in [0.15, 0.2) is 0 Å². The average molecular weight is 271 g/mol. The number of likely N-dealkylation sites (tertiary alicyclic amines) is 1. The van der Waals surface area contributed by atoms with Gasteiger partial charge >= 0.3 is 0 Å². The summed E-state index contributed by atoms with van der Waals surface area (Å²) in [5.74, 6) is -2.71. The molecule has 2 unspecified atom stereocenters. The van der Waals surface area contributed by atoms with Crippen molar-refractivity contribution >= 4 is 18.3 Å². The first-order valence-electron chi connectivity index (χ1n) is 5.79. The minimum Gasteiger partial charge on any atom is -0.341 e. The van der Waals surface area contributed by atoms with Gasteiger partial charge in [-0.25, -0.2) is 8.78 Å². The second-order valence-corrected chi connectivity index (χ2v) is 4.59. The molecule has 0 saturated carbocycles. The molecule has 1 rings (SSSR count). The SMILES string of the molecule is CCC(C)C(N)C(=O)N1CCC(F)(F)CC1.Cl. The summed E-state index contributed by atoms with van der Waals surface area (Å²) in [6, 6.07) is -0.559. The van der Waals surface area contributed by atoms with Gasteiger partial charge in [-0.2, -0.15) is 0 Å². The van der Waals surface area contributed by atoms with E-state index in [1.807, 2.05) is 13.8 Å². The Morgan fingerprint density at radius 2 is 1.88 bits per heavy atom. The van der Waals surface area contributed by atoms with E-state index in [2.05, 4.69) is 0 Å². The zero-order valence-electron chi connectivity index (χ0n) is 10.3. The van der Waals surface area contributed by atoms with Gasteiger partial charge in [0.05, 0.1) is 6.04 Å². The second kappa shape index (κ2) is 6.50. The molecule has 6 heteroatoms. The number of amides is 1. The Hall–Kier alpha value is -0.420. The highest BCUT2D eigenvalue weighted by atomic mass is 35.5. The van der Waals surface area contributed by atoms with Crippen molar-refractivity contribution in [2.45, 2.75) is 45.1 Å². The first-order valence-corrected chi connectivity index (χ1v) is 5.79. The van der Waals surface area contributed by atoms with Crippen LogP contribution >= 0.6 is 12.4 Å². The monoisotopic (exact) mass is 270 g/mol. The Balaban J connectivity index is 0.00000256. The van der Waals surface area contributed by atoms with Crippen LogP contribution in [0.4, 0.5) is 8.78 Å². The Labute approximate surface area is 107 Å². The van der Waals surface area contributed by atoms with Gasteiger partial charge in [-0.15, -0.1) is 12.4 Å². The Morgan fingerprint density at radius 1 is 1.41 bits per heavy atom. The molecule has 1 fully saturated rings. The second-order valence-electron chi connectivity index (χ2n) is 4.59. The molecule has 1 aliphatic rings. The van der Waals surface area contributed by atoms with Crippen molar-refractivity contribution in [2.24, 2.45) is 11.7 Å². The normalized spacial score (nSPS) is 22.5.